The number of carbonyl (C=O) groups is 2. The molecule has 6 rings (SSSR count). The van der Waals surface area contributed by atoms with Crippen LogP contribution in [0.1, 0.15) is 22.3 Å². The SMILES string of the molecule is O=C1/C(=C2/C(=O)N(Cc3ccccc3)c3ccc(Br)cc32)SC(=NCc2ccccc2)N1Cc1ccccc1. The average molecular weight is 595 g/mol. The highest BCUT2D eigenvalue weighted by molar-refractivity contribution is 9.10. The standard InChI is InChI=1S/C32H24BrN3O2S/c33-25-16-17-27-26(18-25)28(30(37)35(27)20-23-12-6-2-7-13-23)29-31(38)36(21-24-14-8-3-9-15-24)32(39-29)34-19-22-10-4-1-5-11-22/h1-18H,19-21H2/b29-28-,34-32?. The monoisotopic (exact) mass is 593 g/mol. The Balaban J connectivity index is 1.42. The number of hydrogen-bond donors (Lipinski definition) is 0. The van der Waals surface area contributed by atoms with Crippen LogP contribution in [0.2, 0.25) is 0 Å². The van der Waals surface area contributed by atoms with Crippen LogP contribution in [0.4, 0.5) is 5.69 Å². The Hall–Kier alpha value is -3.94. The molecule has 0 unspecified atom stereocenters. The molecule has 0 radical (unpaired) electrons. The van der Waals surface area contributed by atoms with E-state index in [9.17, 15) is 9.59 Å². The topological polar surface area (TPSA) is 53.0 Å². The lowest BCUT2D eigenvalue weighted by Gasteiger charge is -2.17. The zero-order valence-corrected chi connectivity index (χ0v) is 23.4. The number of amides is 2. The summed E-state index contributed by atoms with van der Waals surface area (Å²) in [6.45, 7) is 1.25. The first kappa shape index (κ1) is 25.3. The number of benzene rings is 4. The summed E-state index contributed by atoms with van der Waals surface area (Å²) >= 11 is 4.85. The quantitative estimate of drug-likeness (QED) is 0.225. The van der Waals surface area contributed by atoms with Crippen molar-refractivity contribution in [3.05, 3.63) is 141 Å². The van der Waals surface area contributed by atoms with Gasteiger partial charge in [0.25, 0.3) is 11.8 Å². The fourth-order valence-electron chi connectivity index (χ4n) is 4.77. The van der Waals surface area contributed by atoms with E-state index in [-0.39, 0.29) is 11.8 Å². The van der Waals surface area contributed by atoms with Crippen molar-refractivity contribution >= 4 is 55.9 Å². The number of halogens is 1. The molecule has 0 atom stereocenters. The third-order valence-corrected chi connectivity index (χ3v) is 8.28. The van der Waals surface area contributed by atoms with Crippen LogP contribution in [0.3, 0.4) is 0 Å². The van der Waals surface area contributed by atoms with Gasteiger partial charge in [-0.15, -0.1) is 0 Å². The van der Waals surface area contributed by atoms with E-state index in [0.717, 1.165) is 32.4 Å². The maximum absolute atomic E-state index is 14.0. The van der Waals surface area contributed by atoms with Gasteiger partial charge in [0.1, 0.15) is 0 Å². The van der Waals surface area contributed by atoms with Crippen molar-refractivity contribution in [2.24, 2.45) is 4.99 Å². The lowest BCUT2D eigenvalue weighted by atomic mass is 10.1. The van der Waals surface area contributed by atoms with Crippen LogP contribution in [0, 0.1) is 0 Å². The Morgan fingerprint density at radius 1 is 0.667 bits per heavy atom. The molecular weight excluding hydrogens is 570 g/mol. The van der Waals surface area contributed by atoms with Crippen molar-refractivity contribution in [2.75, 3.05) is 4.90 Å². The number of fused-ring (bicyclic) bond motifs is 1. The predicted octanol–water partition coefficient (Wildman–Crippen LogP) is 7.04. The molecule has 1 saturated heterocycles. The number of thioether (sulfide) groups is 1. The highest BCUT2D eigenvalue weighted by atomic mass is 79.9. The van der Waals surface area contributed by atoms with E-state index in [0.29, 0.717) is 35.3 Å². The maximum Gasteiger partial charge on any atom is 0.267 e. The molecule has 192 valence electrons. The van der Waals surface area contributed by atoms with Crippen molar-refractivity contribution < 1.29 is 9.59 Å². The molecule has 2 amide bonds. The molecule has 0 aromatic heterocycles. The van der Waals surface area contributed by atoms with E-state index in [2.05, 4.69) is 15.9 Å². The third-order valence-electron chi connectivity index (χ3n) is 6.68. The van der Waals surface area contributed by atoms with Crippen molar-refractivity contribution in [3.8, 4) is 0 Å². The lowest BCUT2D eigenvalue weighted by Crippen LogP contribution is -2.30. The molecule has 4 aromatic rings. The Morgan fingerprint density at radius 2 is 1.23 bits per heavy atom. The number of nitrogens with zero attached hydrogens (tertiary/aromatic N) is 3. The van der Waals surface area contributed by atoms with Crippen LogP contribution in [-0.4, -0.2) is 21.9 Å². The number of aliphatic imine (C=N–C) groups is 1. The van der Waals surface area contributed by atoms with Crippen LogP contribution in [-0.2, 0) is 29.2 Å². The van der Waals surface area contributed by atoms with Gasteiger partial charge in [-0.3, -0.25) is 19.5 Å². The summed E-state index contributed by atoms with van der Waals surface area (Å²) in [4.78, 5) is 36.7. The Morgan fingerprint density at radius 3 is 1.85 bits per heavy atom. The van der Waals surface area contributed by atoms with Crippen molar-refractivity contribution in [3.63, 3.8) is 0 Å². The van der Waals surface area contributed by atoms with Gasteiger partial charge >= 0.3 is 0 Å². The molecule has 0 aliphatic carbocycles. The predicted molar refractivity (Wildman–Crippen MR) is 161 cm³/mol. The minimum Gasteiger partial charge on any atom is -0.303 e. The van der Waals surface area contributed by atoms with Gasteiger partial charge in [0.2, 0.25) is 0 Å². The van der Waals surface area contributed by atoms with Gasteiger partial charge in [0.05, 0.1) is 35.8 Å². The molecule has 0 spiro atoms. The smallest absolute Gasteiger partial charge is 0.267 e. The molecule has 1 fully saturated rings. The van der Waals surface area contributed by atoms with E-state index >= 15 is 0 Å². The van der Waals surface area contributed by atoms with Gasteiger partial charge in [-0.2, -0.15) is 0 Å². The lowest BCUT2D eigenvalue weighted by molar-refractivity contribution is -0.123. The summed E-state index contributed by atoms with van der Waals surface area (Å²) in [7, 11) is 0. The molecule has 2 aliphatic heterocycles. The third kappa shape index (κ3) is 5.20. The maximum atomic E-state index is 14.0. The largest absolute Gasteiger partial charge is 0.303 e. The van der Waals surface area contributed by atoms with Crippen molar-refractivity contribution in [1.29, 1.82) is 0 Å². The van der Waals surface area contributed by atoms with Crippen LogP contribution in [0.25, 0.3) is 5.57 Å². The fourth-order valence-corrected chi connectivity index (χ4v) is 6.20. The minimum absolute atomic E-state index is 0.174. The minimum atomic E-state index is -0.202. The van der Waals surface area contributed by atoms with Gasteiger partial charge in [0.15, 0.2) is 5.17 Å². The second-order valence-electron chi connectivity index (χ2n) is 9.31. The second-order valence-corrected chi connectivity index (χ2v) is 11.2. The van der Waals surface area contributed by atoms with E-state index in [1.807, 2.05) is 109 Å². The van der Waals surface area contributed by atoms with E-state index in [1.165, 1.54) is 11.8 Å². The summed E-state index contributed by atoms with van der Waals surface area (Å²) in [6, 6.07) is 35.5. The molecule has 2 heterocycles. The molecular formula is C32H24BrN3O2S. The van der Waals surface area contributed by atoms with Crippen molar-refractivity contribution in [2.45, 2.75) is 19.6 Å². The molecule has 39 heavy (non-hydrogen) atoms. The van der Waals surface area contributed by atoms with Crippen molar-refractivity contribution in [1.82, 2.24) is 4.90 Å². The zero-order valence-electron chi connectivity index (χ0n) is 21.0. The van der Waals surface area contributed by atoms with Crippen LogP contribution >= 0.6 is 27.7 Å². The fraction of sp³-hybridized carbons (Fsp3) is 0.0938. The highest BCUT2D eigenvalue weighted by Gasteiger charge is 2.42. The number of carbonyl (C=O) groups excluding carboxylic acids is 2. The van der Waals surface area contributed by atoms with Gasteiger partial charge in [-0.1, -0.05) is 107 Å². The van der Waals surface area contributed by atoms with Gasteiger partial charge in [0, 0.05) is 10.0 Å². The molecule has 5 nitrogen and oxygen atoms in total. The summed E-state index contributed by atoms with van der Waals surface area (Å²) in [5.74, 6) is -0.377. The highest BCUT2D eigenvalue weighted by Crippen LogP contribution is 2.46. The average Bonchev–Trinajstić information content (AvgIpc) is 3.41. The van der Waals surface area contributed by atoms with E-state index < -0.39 is 0 Å². The molecule has 0 bridgehead atoms. The first-order valence-electron chi connectivity index (χ1n) is 12.6. The van der Waals surface area contributed by atoms with E-state index in [1.54, 1.807) is 9.80 Å². The number of rotatable bonds is 6. The summed E-state index contributed by atoms with van der Waals surface area (Å²) in [5.41, 5.74) is 5.06. The second kappa shape index (κ2) is 11.0. The van der Waals surface area contributed by atoms with Gasteiger partial charge in [-0.05, 0) is 46.7 Å². The normalized spacial score (nSPS) is 17.8. The number of anilines is 1. The summed E-state index contributed by atoms with van der Waals surface area (Å²) in [6.07, 6.45) is 0. The molecule has 4 aromatic carbocycles. The van der Waals surface area contributed by atoms with Crippen LogP contribution in [0.5, 0.6) is 0 Å². The zero-order chi connectivity index (χ0) is 26.8. The Bertz CT molecular complexity index is 1600. The summed E-state index contributed by atoms with van der Waals surface area (Å²) in [5, 5.41) is 0.598. The van der Waals surface area contributed by atoms with Gasteiger partial charge < -0.3 is 4.90 Å². The van der Waals surface area contributed by atoms with Crippen LogP contribution in [0.15, 0.2) is 124 Å². The number of hydrogen-bond acceptors (Lipinski definition) is 4. The van der Waals surface area contributed by atoms with Gasteiger partial charge in [-0.25, -0.2) is 0 Å². The number of amidine groups is 1. The van der Waals surface area contributed by atoms with E-state index in [4.69, 9.17) is 4.99 Å². The molecule has 0 N–H and O–H groups in total. The molecule has 2 aliphatic rings. The first-order valence-corrected chi connectivity index (χ1v) is 14.2. The van der Waals surface area contributed by atoms with Crippen LogP contribution < -0.4 is 4.90 Å². The summed E-state index contributed by atoms with van der Waals surface area (Å²) < 4.78 is 0.850. The molecule has 7 heteroatoms. The Kier molecular flexibility index (Phi) is 7.18. The Labute approximate surface area is 240 Å². The molecule has 0 saturated carbocycles. The first-order chi connectivity index (χ1) is 19.1.